The first-order valence-corrected chi connectivity index (χ1v) is 4.85. The summed E-state index contributed by atoms with van der Waals surface area (Å²) in [5, 5.41) is 3.77. The molecule has 2 N–H and O–H groups in total. The molecule has 0 aliphatic heterocycles. The molecular formula is C10H13N3O3. The lowest BCUT2D eigenvalue weighted by Crippen LogP contribution is -2.17. The first kappa shape index (κ1) is 10.8. The van der Waals surface area contributed by atoms with Crippen LogP contribution in [0.1, 0.15) is 17.6 Å². The molecule has 0 saturated heterocycles. The molecule has 1 atom stereocenters. The van der Waals surface area contributed by atoms with Crippen molar-refractivity contribution >= 4 is 0 Å². The van der Waals surface area contributed by atoms with Gasteiger partial charge in [0.15, 0.2) is 11.6 Å². The number of aryl methyl sites for hydroxylation is 1. The normalized spacial score (nSPS) is 12.9. The van der Waals surface area contributed by atoms with E-state index in [1.54, 1.807) is 13.2 Å². The highest BCUT2D eigenvalue weighted by molar-refractivity contribution is 5.44. The molecule has 0 aliphatic rings. The van der Waals surface area contributed by atoms with E-state index in [-0.39, 0.29) is 0 Å². The van der Waals surface area contributed by atoms with E-state index < -0.39 is 6.04 Å². The van der Waals surface area contributed by atoms with Crippen molar-refractivity contribution in [1.82, 2.24) is 10.1 Å². The molecule has 0 fully saturated rings. The van der Waals surface area contributed by atoms with E-state index in [0.29, 0.717) is 24.1 Å². The van der Waals surface area contributed by atoms with Gasteiger partial charge in [0.25, 0.3) is 5.89 Å². The van der Waals surface area contributed by atoms with Crippen molar-refractivity contribution < 1.29 is 13.7 Å². The van der Waals surface area contributed by atoms with Crippen LogP contribution >= 0.6 is 0 Å². The first-order chi connectivity index (χ1) is 7.70. The Balaban J connectivity index is 2.19. The highest BCUT2D eigenvalue weighted by Gasteiger charge is 2.16. The molecule has 0 bridgehead atoms. The number of rotatable bonds is 4. The summed E-state index contributed by atoms with van der Waals surface area (Å²) >= 11 is 0. The molecular weight excluding hydrogens is 210 g/mol. The molecule has 0 spiro atoms. The van der Waals surface area contributed by atoms with Gasteiger partial charge in [0.2, 0.25) is 0 Å². The fourth-order valence-corrected chi connectivity index (χ4v) is 1.29. The Labute approximate surface area is 92.4 Å². The van der Waals surface area contributed by atoms with E-state index >= 15 is 0 Å². The second-order valence-corrected chi connectivity index (χ2v) is 3.43. The van der Waals surface area contributed by atoms with Gasteiger partial charge in [-0.15, -0.1) is 0 Å². The van der Waals surface area contributed by atoms with Crippen LogP contribution in [-0.2, 0) is 4.74 Å². The third-order valence-electron chi connectivity index (χ3n) is 2.07. The van der Waals surface area contributed by atoms with Crippen LogP contribution in [0.15, 0.2) is 21.1 Å². The lowest BCUT2D eigenvalue weighted by Gasteiger charge is -2.02. The molecule has 0 amide bonds. The van der Waals surface area contributed by atoms with Gasteiger partial charge in [0, 0.05) is 7.11 Å². The highest BCUT2D eigenvalue weighted by atomic mass is 16.5. The fourth-order valence-electron chi connectivity index (χ4n) is 1.29. The highest BCUT2D eigenvalue weighted by Crippen LogP contribution is 2.20. The van der Waals surface area contributed by atoms with Gasteiger partial charge in [-0.2, -0.15) is 4.98 Å². The Morgan fingerprint density at radius 3 is 2.94 bits per heavy atom. The number of furan rings is 1. The zero-order chi connectivity index (χ0) is 11.5. The number of nitrogens with two attached hydrogens (primary N) is 1. The third kappa shape index (κ3) is 2.12. The summed E-state index contributed by atoms with van der Waals surface area (Å²) in [6, 6.07) is 3.21. The molecule has 2 heterocycles. The van der Waals surface area contributed by atoms with E-state index in [1.807, 2.05) is 13.0 Å². The predicted octanol–water partition coefficient (Wildman–Crippen LogP) is 1.28. The second-order valence-electron chi connectivity index (χ2n) is 3.43. The average Bonchev–Trinajstić information content (AvgIpc) is 2.85. The summed E-state index contributed by atoms with van der Waals surface area (Å²) < 4.78 is 15.3. The van der Waals surface area contributed by atoms with Crippen molar-refractivity contribution in [1.29, 1.82) is 0 Å². The van der Waals surface area contributed by atoms with E-state index in [2.05, 4.69) is 10.1 Å². The van der Waals surface area contributed by atoms with Crippen LogP contribution in [0.4, 0.5) is 0 Å². The van der Waals surface area contributed by atoms with Crippen molar-refractivity contribution in [2.75, 3.05) is 13.7 Å². The van der Waals surface area contributed by atoms with Gasteiger partial charge in [-0.25, -0.2) is 0 Å². The molecule has 86 valence electrons. The standard InChI is InChI=1S/C10H13N3O3/c1-6-3-4-8(15-6)10-12-9(13-16-10)7(11)5-14-2/h3-4,7H,5,11H2,1-2H3. The van der Waals surface area contributed by atoms with Crippen LogP contribution in [0.3, 0.4) is 0 Å². The smallest absolute Gasteiger partial charge is 0.293 e. The van der Waals surface area contributed by atoms with E-state index in [1.165, 1.54) is 0 Å². The number of ether oxygens (including phenoxy) is 1. The second kappa shape index (κ2) is 4.46. The predicted molar refractivity (Wildman–Crippen MR) is 55.5 cm³/mol. The summed E-state index contributed by atoms with van der Waals surface area (Å²) in [5.74, 6) is 2.07. The van der Waals surface area contributed by atoms with Crippen LogP contribution < -0.4 is 5.73 Å². The largest absolute Gasteiger partial charge is 0.456 e. The molecule has 0 radical (unpaired) electrons. The number of nitrogens with zero attached hydrogens (tertiary/aromatic N) is 2. The number of methoxy groups -OCH3 is 1. The monoisotopic (exact) mass is 223 g/mol. The Morgan fingerprint density at radius 2 is 2.31 bits per heavy atom. The topological polar surface area (TPSA) is 87.3 Å². The maximum Gasteiger partial charge on any atom is 0.293 e. The van der Waals surface area contributed by atoms with Gasteiger partial charge in [0.1, 0.15) is 5.76 Å². The maximum atomic E-state index is 5.76. The van der Waals surface area contributed by atoms with Crippen LogP contribution in [-0.4, -0.2) is 23.9 Å². The summed E-state index contributed by atoms with van der Waals surface area (Å²) in [6.07, 6.45) is 0. The molecule has 2 aromatic rings. The van der Waals surface area contributed by atoms with E-state index in [4.69, 9.17) is 19.4 Å². The molecule has 0 saturated carbocycles. The Morgan fingerprint density at radius 1 is 1.50 bits per heavy atom. The lowest BCUT2D eigenvalue weighted by atomic mass is 10.3. The summed E-state index contributed by atoms with van der Waals surface area (Å²) in [5.41, 5.74) is 5.76. The zero-order valence-corrected chi connectivity index (χ0v) is 9.14. The van der Waals surface area contributed by atoms with Gasteiger partial charge in [-0.3, -0.25) is 0 Å². The SMILES string of the molecule is COCC(N)c1noc(-c2ccc(C)o2)n1. The van der Waals surface area contributed by atoms with Crippen molar-refractivity contribution in [2.45, 2.75) is 13.0 Å². The average molecular weight is 223 g/mol. The van der Waals surface area contributed by atoms with Crippen molar-refractivity contribution in [2.24, 2.45) is 5.73 Å². The van der Waals surface area contributed by atoms with Crippen LogP contribution in [0, 0.1) is 6.92 Å². The maximum absolute atomic E-state index is 5.76. The van der Waals surface area contributed by atoms with E-state index in [0.717, 1.165) is 5.76 Å². The molecule has 6 nitrogen and oxygen atoms in total. The van der Waals surface area contributed by atoms with Crippen molar-refractivity contribution in [3.63, 3.8) is 0 Å². The molecule has 0 aromatic carbocycles. The van der Waals surface area contributed by atoms with Gasteiger partial charge >= 0.3 is 0 Å². The zero-order valence-electron chi connectivity index (χ0n) is 9.14. The van der Waals surface area contributed by atoms with Gasteiger partial charge in [-0.1, -0.05) is 5.16 Å². The fraction of sp³-hybridized carbons (Fsp3) is 0.400. The molecule has 2 aromatic heterocycles. The lowest BCUT2D eigenvalue weighted by molar-refractivity contribution is 0.177. The number of hydrogen-bond donors (Lipinski definition) is 1. The molecule has 0 aliphatic carbocycles. The van der Waals surface area contributed by atoms with Crippen LogP contribution in [0.5, 0.6) is 0 Å². The van der Waals surface area contributed by atoms with Crippen LogP contribution in [0.2, 0.25) is 0 Å². The molecule has 6 heteroatoms. The summed E-state index contributed by atoms with van der Waals surface area (Å²) in [7, 11) is 1.57. The number of hydrogen-bond acceptors (Lipinski definition) is 6. The third-order valence-corrected chi connectivity index (χ3v) is 2.07. The molecule has 16 heavy (non-hydrogen) atoms. The Hall–Kier alpha value is -1.66. The summed E-state index contributed by atoms with van der Waals surface area (Å²) in [4.78, 5) is 4.14. The van der Waals surface area contributed by atoms with Gasteiger partial charge in [0.05, 0.1) is 12.6 Å². The quantitative estimate of drug-likeness (QED) is 0.840. The van der Waals surface area contributed by atoms with Crippen molar-refractivity contribution in [3.8, 4) is 11.7 Å². The minimum absolute atomic E-state index is 0.328. The Kier molecular flexibility index (Phi) is 3.02. The van der Waals surface area contributed by atoms with Crippen molar-refractivity contribution in [3.05, 3.63) is 23.7 Å². The van der Waals surface area contributed by atoms with Gasteiger partial charge in [-0.05, 0) is 19.1 Å². The summed E-state index contributed by atoms with van der Waals surface area (Å²) in [6.45, 7) is 2.19. The number of aromatic nitrogens is 2. The van der Waals surface area contributed by atoms with E-state index in [9.17, 15) is 0 Å². The first-order valence-electron chi connectivity index (χ1n) is 4.85. The minimum Gasteiger partial charge on any atom is -0.456 e. The van der Waals surface area contributed by atoms with Gasteiger partial charge < -0.3 is 19.4 Å². The van der Waals surface area contributed by atoms with Crippen LogP contribution in [0.25, 0.3) is 11.7 Å². The minimum atomic E-state index is -0.390. The Bertz CT molecular complexity index is 463. The molecule has 1 unspecified atom stereocenters. The molecule has 2 rings (SSSR count).